The number of rotatable bonds is 25. The Balaban J connectivity index is 0.000000121. The summed E-state index contributed by atoms with van der Waals surface area (Å²) >= 11 is 0. The summed E-state index contributed by atoms with van der Waals surface area (Å²) in [6, 6.07) is 53.7. The fourth-order valence-electron chi connectivity index (χ4n) is 21.0. The third-order valence-corrected chi connectivity index (χ3v) is 29.2. The summed E-state index contributed by atoms with van der Waals surface area (Å²) in [7, 11) is 13.8. The summed E-state index contributed by atoms with van der Waals surface area (Å²) in [5, 5.41) is 55.3. The van der Waals surface area contributed by atoms with Crippen LogP contribution in [-0.2, 0) is 18.9 Å². The molecule has 12 heterocycles. The summed E-state index contributed by atoms with van der Waals surface area (Å²) in [5.41, 5.74) is 9.48. The highest BCUT2D eigenvalue weighted by Crippen LogP contribution is 2.54. The van der Waals surface area contributed by atoms with E-state index in [-0.39, 0.29) is 63.8 Å². The van der Waals surface area contributed by atoms with Gasteiger partial charge < -0.3 is 95.6 Å². The largest absolute Gasteiger partial charge is 0.507 e. The minimum Gasteiger partial charge on any atom is -0.507 e. The number of methoxy groups -OCH3 is 4. The number of likely N-dealkylation sites (N-methyl/N-ethyl adjacent to an activating group) is 4. The lowest BCUT2D eigenvalue weighted by atomic mass is 9.89. The van der Waals surface area contributed by atoms with Crippen LogP contribution in [0.5, 0.6) is 52.3 Å². The van der Waals surface area contributed by atoms with Crippen molar-refractivity contribution in [2.45, 2.75) is 76.7 Å². The molecule has 0 amide bonds. The molecule has 0 radical (unpaired) electrons. The molecule has 23 rings (SSSR count). The van der Waals surface area contributed by atoms with Crippen LogP contribution in [0.3, 0.4) is 0 Å². The van der Waals surface area contributed by atoms with Crippen molar-refractivity contribution >= 4 is 111 Å². The van der Waals surface area contributed by atoms with Gasteiger partial charge >= 0.3 is 23.9 Å². The second kappa shape index (κ2) is 44.3. The number of para-hydroxylation sites is 1. The van der Waals surface area contributed by atoms with Crippen molar-refractivity contribution in [1.82, 2.24) is 59.1 Å². The highest BCUT2D eigenvalue weighted by atomic mass is 16.5. The van der Waals surface area contributed by atoms with Gasteiger partial charge in [0.2, 0.25) is 23.5 Å². The Labute approximate surface area is 867 Å². The average molecular weight is 2030 g/mol. The number of benzene rings is 9. The molecule has 4 unspecified atom stereocenters. The van der Waals surface area contributed by atoms with Crippen LogP contribution in [0.2, 0.25) is 0 Å². The summed E-state index contributed by atoms with van der Waals surface area (Å²) < 4.78 is 68.5. The Morgan fingerprint density at radius 1 is 0.340 bits per heavy atom. The zero-order valence-corrected chi connectivity index (χ0v) is 86.1. The van der Waals surface area contributed by atoms with Gasteiger partial charge in [-0.3, -0.25) is 19.6 Å². The Morgan fingerprint density at radius 3 is 0.893 bits per heavy atom. The lowest BCUT2D eigenvalue weighted by molar-refractivity contribution is 0.0592. The molecule has 8 aromatic heterocycles. The first-order chi connectivity index (χ1) is 72.8. The molecule has 0 spiro atoms. The number of furan rings is 4. The summed E-state index contributed by atoms with van der Waals surface area (Å²) in [4.78, 5) is 87.8. The standard InChI is InChI=1S/C31H29N3O5.C30H35N3O5.C29H31N3O5.C28H29N3O5/c1-33-14-16-34(17-15-33)28(20-12-13-32-25(18-20)39-21-8-4-3-5-9-21)27-26-24(31(36)37-2)19-38-30(26)23-11-7-6-10-22(23)29(27)35;1-30(2,3)18-38-23-16-19(10-11-31-23)26(33-14-12-32(4)13-15-33)25-24-22(29(35)36-5)17-37-28(24)21-9-7-6-8-20(21)27(25)34;1-31-11-13-32(14-12-31)26(19-9-10-30-23(15-19)36-16-18-7-8-18)25-24-22(29(34)35-2)17-37-28(24)21-6-4-3-5-20(21)27(25)33;1-30-11-13-31(14-12-30)25(17-9-10-29-22(15-17)36-18-7-8-18)24-23-21(28(33)34-2)16-35-27(23)20-6-4-3-5-19(20)26(24)32/h3-13,18-19,28,35H,14-17H2,1-2H3;6-11,16-17,26,34H,12-15,18H2,1-5H3;3-6,9-10,15,17-18,26,33H,7-8,11-14,16H2,1-2H3;3-6,9-10,15-16,18,25,32H,7-8,11-14H2,1-2H3. The van der Waals surface area contributed by atoms with E-state index in [2.05, 4.69) is 108 Å². The molecule has 4 N–H and O–H groups in total. The van der Waals surface area contributed by atoms with Gasteiger partial charge in [-0.05, 0) is 124 Å². The van der Waals surface area contributed by atoms with Crippen molar-refractivity contribution in [2.24, 2.45) is 11.3 Å². The SMILES string of the molecule is COC(=O)c1coc2c1c(C(c1ccnc(OC3CC3)c1)N1CCN(C)CC1)c(O)c1ccccc12.COC(=O)c1coc2c1c(C(c1ccnc(OCC(C)(C)C)c1)N1CCN(C)CC1)c(O)c1ccccc12.COC(=O)c1coc2c1c(C(c1ccnc(OCC3CC3)c1)N1CCN(C)CC1)c(O)c1ccccc12.COC(=O)c1coc2c1c(C(c1ccnc(Oc3ccccc3)c1)N1CCN(C)CC1)c(O)c1ccccc12. The van der Waals surface area contributed by atoms with Gasteiger partial charge in [-0.25, -0.2) is 39.1 Å². The smallest absolute Gasteiger partial charge is 0.341 e. The van der Waals surface area contributed by atoms with Gasteiger partial charge in [0, 0.05) is 241 Å². The van der Waals surface area contributed by atoms with E-state index < -0.39 is 29.9 Å². The van der Waals surface area contributed by atoms with Crippen molar-refractivity contribution in [2.75, 3.05) is 175 Å². The van der Waals surface area contributed by atoms with Crippen molar-refractivity contribution < 1.29 is 95.2 Å². The normalized spacial score (nSPS) is 16.8. The average Bonchev–Trinajstić information content (AvgIpc) is 1.56. The number of aromatic nitrogens is 4. The number of piperazine rings is 4. The van der Waals surface area contributed by atoms with E-state index in [1.807, 2.05) is 176 Å². The topological polar surface area (TPSA) is 353 Å². The molecule has 2 saturated carbocycles. The molecule has 4 saturated heterocycles. The van der Waals surface area contributed by atoms with Crippen molar-refractivity contribution in [3.05, 3.63) is 293 Å². The first-order valence-corrected chi connectivity index (χ1v) is 50.9. The lowest BCUT2D eigenvalue weighted by Gasteiger charge is -2.39. The van der Waals surface area contributed by atoms with Gasteiger partial charge in [0.25, 0.3) is 0 Å². The van der Waals surface area contributed by atoms with E-state index >= 15 is 0 Å². The number of aromatic hydroxyl groups is 4. The van der Waals surface area contributed by atoms with Crippen molar-refractivity contribution in [3.63, 3.8) is 0 Å². The van der Waals surface area contributed by atoms with Gasteiger partial charge in [-0.15, -0.1) is 0 Å². The van der Waals surface area contributed by atoms with Gasteiger partial charge in [0.1, 0.15) is 104 Å². The fraction of sp³-hybridized carbons (Fsp3) is 0.339. The summed E-state index contributed by atoms with van der Waals surface area (Å²) in [5.74, 6) is 1.84. The molecule has 776 valence electrons. The molecule has 32 heteroatoms. The maximum absolute atomic E-state index is 12.9. The number of pyridine rings is 4. The van der Waals surface area contributed by atoms with Crippen molar-refractivity contribution in [3.8, 4) is 52.3 Å². The number of hydrogen-bond acceptors (Lipinski definition) is 32. The number of ether oxygens (including phenoxy) is 8. The van der Waals surface area contributed by atoms with Crippen LogP contribution in [0.4, 0.5) is 0 Å². The van der Waals surface area contributed by atoms with Crippen molar-refractivity contribution in [1.29, 1.82) is 0 Å². The van der Waals surface area contributed by atoms with Gasteiger partial charge in [0.05, 0.1) is 65.8 Å². The predicted molar refractivity (Wildman–Crippen MR) is 571 cm³/mol. The Morgan fingerprint density at radius 2 is 0.607 bits per heavy atom. The Bertz CT molecular complexity index is 7810. The number of carbonyl (C=O) groups is 4. The first-order valence-electron chi connectivity index (χ1n) is 50.9. The molecule has 150 heavy (non-hydrogen) atoms. The van der Waals surface area contributed by atoms with Crippen LogP contribution in [0.1, 0.15) is 157 Å². The zero-order valence-electron chi connectivity index (χ0n) is 86.1. The number of phenols is 4. The van der Waals surface area contributed by atoms with E-state index in [1.54, 1.807) is 24.8 Å². The number of esters is 4. The number of carbonyl (C=O) groups excluding carboxylic acids is 4. The molecule has 4 atom stereocenters. The van der Waals surface area contributed by atoms with Crippen LogP contribution in [0.25, 0.3) is 87.0 Å². The predicted octanol–water partition coefficient (Wildman–Crippen LogP) is 19.8. The molecule has 6 aliphatic rings. The number of phenolic OH excluding ortho intramolecular Hbond substituents is 4. The molecular weight excluding hydrogens is 1910 g/mol. The van der Waals surface area contributed by atoms with Gasteiger partial charge in [-0.1, -0.05) is 136 Å². The molecule has 9 aromatic carbocycles. The molecule has 32 nitrogen and oxygen atoms in total. The zero-order chi connectivity index (χ0) is 104. The Kier molecular flexibility index (Phi) is 30.1. The highest BCUT2D eigenvalue weighted by Gasteiger charge is 2.42. The monoisotopic (exact) mass is 2030 g/mol. The van der Waals surface area contributed by atoms with Crippen LogP contribution in [-0.4, -0.2) is 284 Å². The lowest BCUT2D eigenvalue weighted by Crippen LogP contribution is -2.46. The summed E-state index contributed by atoms with van der Waals surface area (Å²) in [6.45, 7) is 20.8. The van der Waals surface area contributed by atoms with Crippen LogP contribution in [0, 0.1) is 11.3 Å². The highest BCUT2D eigenvalue weighted by molar-refractivity contribution is 6.20. The maximum atomic E-state index is 12.9. The number of hydrogen-bond donors (Lipinski definition) is 4. The molecule has 6 fully saturated rings. The summed E-state index contributed by atoms with van der Waals surface area (Å²) in [6.07, 6.45) is 17.4. The van der Waals surface area contributed by atoms with E-state index in [0.29, 0.717) is 147 Å². The number of nitrogens with zero attached hydrogens (tertiary/aromatic N) is 12. The van der Waals surface area contributed by atoms with E-state index in [0.717, 1.165) is 161 Å². The molecule has 0 bridgehead atoms. The second-order valence-corrected chi connectivity index (χ2v) is 40.6. The van der Waals surface area contributed by atoms with E-state index in [9.17, 15) is 39.6 Å². The van der Waals surface area contributed by atoms with Gasteiger partial charge in [0.15, 0.2) is 0 Å². The van der Waals surface area contributed by atoms with Gasteiger partial charge in [-0.2, -0.15) is 0 Å². The molecule has 17 aromatic rings. The third kappa shape index (κ3) is 21.2. The van der Waals surface area contributed by atoms with E-state index in [1.165, 1.54) is 66.3 Å². The van der Waals surface area contributed by atoms with Crippen LogP contribution >= 0.6 is 0 Å². The number of fused-ring (bicyclic) bond motifs is 12. The quantitative estimate of drug-likeness (QED) is 0.0305. The molecule has 4 aliphatic heterocycles. The first kappa shape index (κ1) is 102. The van der Waals surface area contributed by atoms with E-state index in [4.69, 9.17) is 55.6 Å². The second-order valence-electron chi connectivity index (χ2n) is 40.6. The fourth-order valence-corrected chi connectivity index (χ4v) is 21.0. The minimum absolute atomic E-state index is 0.0243. The maximum Gasteiger partial charge on any atom is 0.341 e. The van der Waals surface area contributed by atoms with Crippen LogP contribution < -0.4 is 18.9 Å². The van der Waals surface area contributed by atoms with Crippen LogP contribution in [0.15, 0.2) is 243 Å². The molecule has 2 aliphatic carbocycles. The minimum atomic E-state index is -0.523. The third-order valence-electron chi connectivity index (χ3n) is 29.2. The Hall–Kier alpha value is -15.3. The molecular formula is C118H124N12O20.